The van der Waals surface area contributed by atoms with E-state index in [0.717, 1.165) is 23.8 Å². The summed E-state index contributed by atoms with van der Waals surface area (Å²) in [5.74, 6) is -0.752. The molecule has 0 saturated carbocycles. The molecule has 1 aliphatic carbocycles. The van der Waals surface area contributed by atoms with Crippen molar-refractivity contribution in [3.8, 4) is 0 Å². The Kier molecular flexibility index (Phi) is 5.85. The van der Waals surface area contributed by atoms with E-state index in [-0.39, 0.29) is 54.3 Å². The standard InChI is InChI=1S/C26H28N2O6/c1-15-17-10-9-16(6-5-13-26(2)23(34-26)22(17)33-25(15)31)14-32-21(29)12-11-20-18-7-3-4-8-19(18)24(30)28-27-20/h3-4,6-8,17,22-23H,1,5,9-14H2,2H3,(H,28,30)/b16-6+/t17-,22-,23-,26+/m0/s1. The van der Waals surface area contributed by atoms with Gasteiger partial charge in [-0.1, -0.05) is 30.9 Å². The molecular weight excluding hydrogens is 436 g/mol. The van der Waals surface area contributed by atoms with Crippen LogP contribution in [0.2, 0.25) is 0 Å². The lowest BCUT2D eigenvalue weighted by Crippen LogP contribution is -2.29. The maximum Gasteiger partial charge on any atom is 0.334 e. The van der Waals surface area contributed by atoms with Crippen LogP contribution >= 0.6 is 0 Å². The van der Waals surface area contributed by atoms with Gasteiger partial charge in [0, 0.05) is 23.3 Å². The van der Waals surface area contributed by atoms with E-state index in [1.807, 2.05) is 19.1 Å². The summed E-state index contributed by atoms with van der Waals surface area (Å²) in [7, 11) is 0. The van der Waals surface area contributed by atoms with Crippen LogP contribution in [-0.4, -0.2) is 46.6 Å². The first-order valence-corrected chi connectivity index (χ1v) is 11.7. The SMILES string of the molecule is C=C1C(=O)O[C@H]2[C@H]1CC/C(COC(=O)CCc1n[nH]c(=O)c3ccccc13)=C\CC[C@@]1(C)O[C@@H]21. The number of ether oxygens (including phenoxy) is 3. The molecule has 3 heterocycles. The van der Waals surface area contributed by atoms with Crippen molar-refractivity contribution in [2.45, 2.75) is 63.3 Å². The molecule has 0 spiro atoms. The van der Waals surface area contributed by atoms with Gasteiger partial charge in [-0.05, 0) is 44.2 Å². The van der Waals surface area contributed by atoms with Gasteiger partial charge >= 0.3 is 11.9 Å². The van der Waals surface area contributed by atoms with Crippen LogP contribution in [0.5, 0.6) is 0 Å². The average molecular weight is 465 g/mol. The van der Waals surface area contributed by atoms with Crippen molar-refractivity contribution >= 4 is 22.7 Å². The highest BCUT2D eigenvalue weighted by Crippen LogP contribution is 2.49. The van der Waals surface area contributed by atoms with Crippen LogP contribution in [0, 0.1) is 5.92 Å². The second-order valence-electron chi connectivity index (χ2n) is 9.50. The predicted molar refractivity (Wildman–Crippen MR) is 124 cm³/mol. The summed E-state index contributed by atoms with van der Waals surface area (Å²) in [4.78, 5) is 36.5. The van der Waals surface area contributed by atoms with Gasteiger partial charge in [-0.2, -0.15) is 5.10 Å². The van der Waals surface area contributed by atoms with Crippen molar-refractivity contribution < 1.29 is 23.8 Å². The summed E-state index contributed by atoms with van der Waals surface area (Å²) in [5.41, 5.74) is 1.64. The van der Waals surface area contributed by atoms with Crippen LogP contribution in [0.4, 0.5) is 0 Å². The van der Waals surface area contributed by atoms with E-state index in [1.165, 1.54) is 0 Å². The van der Waals surface area contributed by atoms with Gasteiger partial charge in [0.25, 0.3) is 5.56 Å². The lowest BCUT2D eigenvalue weighted by Gasteiger charge is -2.20. The number of benzene rings is 1. The van der Waals surface area contributed by atoms with Crippen LogP contribution in [0.15, 0.2) is 52.9 Å². The molecule has 1 N–H and O–H groups in total. The number of allylic oxidation sites excluding steroid dienone is 1. The summed E-state index contributed by atoms with van der Waals surface area (Å²) >= 11 is 0. The molecule has 0 bridgehead atoms. The third-order valence-corrected chi connectivity index (χ3v) is 7.20. The number of rotatable bonds is 5. The molecule has 34 heavy (non-hydrogen) atoms. The zero-order valence-electron chi connectivity index (χ0n) is 19.2. The lowest BCUT2D eigenvalue weighted by molar-refractivity contribution is -0.143. The van der Waals surface area contributed by atoms with Crippen LogP contribution in [0.3, 0.4) is 0 Å². The molecule has 0 unspecified atom stereocenters. The quantitative estimate of drug-likeness (QED) is 0.313. The number of epoxide rings is 1. The van der Waals surface area contributed by atoms with E-state index in [1.54, 1.807) is 12.1 Å². The number of aryl methyl sites for hydroxylation is 1. The Morgan fingerprint density at radius 2 is 2.09 bits per heavy atom. The fourth-order valence-corrected chi connectivity index (χ4v) is 5.08. The number of H-pyrrole nitrogens is 1. The monoisotopic (exact) mass is 464 g/mol. The van der Waals surface area contributed by atoms with Gasteiger partial charge in [0.15, 0.2) is 0 Å². The molecule has 2 fully saturated rings. The minimum Gasteiger partial charge on any atom is -0.461 e. The van der Waals surface area contributed by atoms with Crippen molar-refractivity contribution in [1.82, 2.24) is 10.2 Å². The number of carbonyl (C=O) groups excluding carboxylic acids is 2. The summed E-state index contributed by atoms with van der Waals surface area (Å²) in [5, 5.41) is 7.90. The molecule has 2 aromatic rings. The van der Waals surface area contributed by atoms with Gasteiger partial charge in [-0.25, -0.2) is 9.89 Å². The highest BCUT2D eigenvalue weighted by atomic mass is 16.6. The minimum absolute atomic E-state index is 0.0777. The van der Waals surface area contributed by atoms with Crippen molar-refractivity contribution in [2.24, 2.45) is 5.92 Å². The van der Waals surface area contributed by atoms with Crippen LogP contribution < -0.4 is 5.56 Å². The molecule has 0 radical (unpaired) electrons. The van der Waals surface area contributed by atoms with Gasteiger partial charge in [0.2, 0.25) is 0 Å². The van der Waals surface area contributed by atoms with Gasteiger partial charge < -0.3 is 14.2 Å². The summed E-state index contributed by atoms with van der Waals surface area (Å²) in [6, 6.07) is 7.20. The van der Waals surface area contributed by atoms with Crippen molar-refractivity contribution in [2.75, 3.05) is 6.61 Å². The fourth-order valence-electron chi connectivity index (χ4n) is 5.08. The minimum atomic E-state index is -0.340. The van der Waals surface area contributed by atoms with Gasteiger partial charge in [0.05, 0.1) is 23.1 Å². The molecule has 1 aromatic heterocycles. The molecule has 8 nitrogen and oxygen atoms in total. The van der Waals surface area contributed by atoms with Crippen molar-refractivity contribution in [3.63, 3.8) is 0 Å². The number of aromatic nitrogens is 2. The molecule has 0 amide bonds. The molecule has 5 rings (SSSR count). The average Bonchev–Trinajstić information content (AvgIpc) is 3.42. The lowest BCUT2D eigenvalue weighted by atomic mass is 9.84. The highest BCUT2D eigenvalue weighted by molar-refractivity contribution is 5.91. The van der Waals surface area contributed by atoms with E-state index in [9.17, 15) is 14.4 Å². The Hall–Kier alpha value is -3.26. The van der Waals surface area contributed by atoms with Gasteiger partial charge in [0.1, 0.15) is 18.8 Å². The van der Waals surface area contributed by atoms with E-state index in [4.69, 9.17) is 14.2 Å². The summed E-state index contributed by atoms with van der Waals surface area (Å²) in [6.07, 6.45) is 5.30. The topological polar surface area (TPSA) is 111 Å². The molecular formula is C26H28N2O6. The molecule has 4 atom stereocenters. The van der Waals surface area contributed by atoms with Crippen molar-refractivity contribution in [1.29, 1.82) is 0 Å². The third kappa shape index (κ3) is 4.30. The Morgan fingerprint density at radius 1 is 1.29 bits per heavy atom. The fraction of sp³-hybridized carbons (Fsp3) is 0.462. The Morgan fingerprint density at radius 3 is 2.91 bits per heavy atom. The zero-order chi connectivity index (χ0) is 23.9. The molecule has 3 aliphatic rings. The number of nitrogens with one attached hydrogen (secondary N) is 1. The van der Waals surface area contributed by atoms with Crippen LogP contribution in [0.1, 0.15) is 44.7 Å². The van der Waals surface area contributed by atoms with E-state index in [2.05, 4.69) is 22.9 Å². The molecule has 178 valence electrons. The number of nitrogens with zero attached hydrogens (tertiary/aromatic N) is 1. The second kappa shape index (κ2) is 8.83. The first-order chi connectivity index (χ1) is 16.4. The largest absolute Gasteiger partial charge is 0.461 e. The first-order valence-electron chi connectivity index (χ1n) is 11.7. The van der Waals surface area contributed by atoms with Crippen molar-refractivity contribution in [3.05, 3.63) is 64.1 Å². The number of aromatic amines is 1. The smallest absolute Gasteiger partial charge is 0.334 e. The normalized spacial score (nSPS) is 30.0. The molecule has 2 aliphatic heterocycles. The molecule has 2 saturated heterocycles. The van der Waals surface area contributed by atoms with Gasteiger partial charge in [-0.15, -0.1) is 0 Å². The number of esters is 2. The number of carbonyl (C=O) groups is 2. The van der Waals surface area contributed by atoms with E-state index in [0.29, 0.717) is 35.9 Å². The number of hydrogen-bond donors (Lipinski definition) is 1. The predicted octanol–water partition coefficient (Wildman–Crippen LogP) is 3.15. The Labute approximate surface area is 197 Å². The first kappa shape index (κ1) is 22.5. The number of fused-ring (bicyclic) bond motifs is 4. The Bertz CT molecular complexity index is 1250. The summed E-state index contributed by atoms with van der Waals surface area (Å²) in [6.45, 7) is 6.19. The number of hydrogen-bond acceptors (Lipinski definition) is 7. The second-order valence-corrected chi connectivity index (χ2v) is 9.50. The van der Waals surface area contributed by atoms with Crippen LogP contribution in [-0.2, 0) is 30.2 Å². The summed E-state index contributed by atoms with van der Waals surface area (Å²) < 4.78 is 17.1. The maximum atomic E-state index is 12.5. The maximum absolute atomic E-state index is 12.5. The molecule has 1 aromatic carbocycles. The van der Waals surface area contributed by atoms with E-state index >= 15 is 0 Å². The highest BCUT2D eigenvalue weighted by Gasteiger charge is 2.61. The van der Waals surface area contributed by atoms with Crippen LogP contribution in [0.25, 0.3) is 10.8 Å². The third-order valence-electron chi connectivity index (χ3n) is 7.20. The van der Waals surface area contributed by atoms with E-state index < -0.39 is 0 Å². The molecule has 8 heteroatoms. The van der Waals surface area contributed by atoms with Gasteiger partial charge in [-0.3, -0.25) is 9.59 Å². The Balaban J connectivity index is 1.20. The zero-order valence-corrected chi connectivity index (χ0v) is 19.2.